The second-order valence-electron chi connectivity index (χ2n) is 6.67. The number of benzene rings is 3. The van der Waals surface area contributed by atoms with Gasteiger partial charge in [0.25, 0.3) is 5.91 Å². The Hall–Kier alpha value is -3.31. The summed E-state index contributed by atoms with van der Waals surface area (Å²) in [6.45, 7) is 1.85. The maximum atomic E-state index is 12.4. The van der Waals surface area contributed by atoms with Gasteiger partial charge in [-0.1, -0.05) is 53.0 Å². The van der Waals surface area contributed by atoms with Crippen molar-refractivity contribution in [3.63, 3.8) is 0 Å². The lowest BCUT2D eigenvalue weighted by atomic mass is 10.1. The van der Waals surface area contributed by atoms with Crippen LogP contribution in [0.5, 0.6) is 5.75 Å². The molecule has 3 aromatic carbocycles. The summed E-state index contributed by atoms with van der Waals surface area (Å²) in [5, 5.41) is 12.6. The number of carbonyl (C=O) groups is 1. The molecule has 162 valence electrons. The van der Waals surface area contributed by atoms with Crippen LogP contribution < -0.4 is 9.50 Å². The van der Waals surface area contributed by atoms with Crippen molar-refractivity contribution in [2.45, 2.75) is 11.8 Å². The maximum Gasteiger partial charge on any atom is 0.339 e. The second kappa shape index (κ2) is 9.88. The predicted octanol–water partition coefficient (Wildman–Crippen LogP) is 5.62. The van der Waals surface area contributed by atoms with Gasteiger partial charge < -0.3 is 9.50 Å². The van der Waals surface area contributed by atoms with Gasteiger partial charge in [-0.05, 0) is 61.0 Å². The van der Waals surface area contributed by atoms with E-state index in [1.165, 1.54) is 54.6 Å². The molecule has 0 atom stereocenters. The molecule has 0 saturated carbocycles. The summed E-state index contributed by atoms with van der Waals surface area (Å²) in [6.07, 6.45) is 1.35. The van der Waals surface area contributed by atoms with Crippen LogP contribution >= 0.6 is 23.2 Å². The number of amides is 1. The molecule has 0 radical (unpaired) electrons. The number of nitrogens with one attached hydrogen (secondary N) is 1. The molecule has 9 heteroatoms. The standard InChI is InChI=1S/C23H16Cl2N2O4S/c1-15-2-9-20(10-3-15)32(29,30)31-19-7-4-16(5-8-19)12-17(14-26)23(28)27-22-13-18(24)6-11-21(22)25/h2-13H,1H3,(H,27,28)/b17-12-. The van der Waals surface area contributed by atoms with Gasteiger partial charge in [-0.2, -0.15) is 13.7 Å². The third-order valence-corrected chi connectivity index (χ3v) is 6.07. The Morgan fingerprint density at radius 3 is 2.31 bits per heavy atom. The summed E-state index contributed by atoms with van der Waals surface area (Å²) in [7, 11) is -3.98. The largest absolute Gasteiger partial charge is 0.379 e. The highest BCUT2D eigenvalue weighted by atomic mass is 35.5. The molecule has 32 heavy (non-hydrogen) atoms. The molecule has 0 fully saturated rings. The fraction of sp³-hybridized carbons (Fsp3) is 0.0435. The zero-order chi connectivity index (χ0) is 23.3. The predicted molar refractivity (Wildman–Crippen MR) is 124 cm³/mol. The van der Waals surface area contributed by atoms with Gasteiger partial charge in [0.15, 0.2) is 0 Å². The molecule has 0 aliphatic rings. The zero-order valence-corrected chi connectivity index (χ0v) is 19.0. The van der Waals surface area contributed by atoms with Crippen LogP contribution in [0.4, 0.5) is 5.69 Å². The van der Waals surface area contributed by atoms with Gasteiger partial charge in [-0.3, -0.25) is 4.79 Å². The van der Waals surface area contributed by atoms with Gasteiger partial charge in [0.05, 0.1) is 10.7 Å². The first-order valence-electron chi connectivity index (χ1n) is 9.17. The smallest absolute Gasteiger partial charge is 0.339 e. The van der Waals surface area contributed by atoms with Gasteiger partial charge in [-0.15, -0.1) is 0 Å². The van der Waals surface area contributed by atoms with Crippen LogP contribution in [-0.4, -0.2) is 14.3 Å². The molecular weight excluding hydrogens is 471 g/mol. The average Bonchev–Trinajstić information content (AvgIpc) is 2.75. The molecule has 3 rings (SSSR count). The van der Waals surface area contributed by atoms with E-state index in [9.17, 15) is 18.5 Å². The monoisotopic (exact) mass is 486 g/mol. The molecule has 6 nitrogen and oxygen atoms in total. The van der Waals surface area contributed by atoms with Gasteiger partial charge in [-0.25, -0.2) is 0 Å². The van der Waals surface area contributed by atoms with Crippen molar-refractivity contribution in [3.05, 3.63) is 93.5 Å². The second-order valence-corrected chi connectivity index (χ2v) is 9.06. The van der Waals surface area contributed by atoms with Crippen LogP contribution in [0.15, 0.2) is 77.2 Å². The number of hydrogen-bond acceptors (Lipinski definition) is 5. The number of aryl methyl sites for hydroxylation is 1. The number of hydrogen-bond donors (Lipinski definition) is 1. The molecule has 0 bridgehead atoms. The summed E-state index contributed by atoms with van der Waals surface area (Å²) in [5.41, 5.74) is 1.52. The summed E-state index contributed by atoms with van der Waals surface area (Å²) >= 11 is 11.9. The van der Waals surface area contributed by atoms with E-state index < -0.39 is 16.0 Å². The first-order valence-corrected chi connectivity index (χ1v) is 11.3. The number of halogens is 2. The Bertz CT molecular complexity index is 1330. The maximum absolute atomic E-state index is 12.4. The zero-order valence-electron chi connectivity index (χ0n) is 16.7. The number of carbonyl (C=O) groups excluding carboxylic acids is 1. The van der Waals surface area contributed by atoms with Crippen molar-refractivity contribution >= 4 is 51.0 Å². The van der Waals surface area contributed by atoms with Crippen LogP contribution in [0.3, 0.4) is 0 Å². The number of nitriles is 1. The first kappa shape index (κ1) is 23.4. The molecule has 3 aromatic rings. The highest BCUT2D eigenvalue weighted by molar-refractivity contribution is 7.87. The Labute approximate surface area is 195 Å². The van der Waals surface area contributed by atoms with Crippen molar-refractivity contribution in [1.29, 1.82) is 5.26 Å². The van der Waals surface area contributed by atoms with Crippen molar-refractivity contribution in [3.8, 4) is 11.8 Å². The highest BCUT2D eigenvalue weighted by Crippen LogP contribution is 2.26. The quantitative estimate of drug-likeness (QED) is 0.277. The Balaban J connectivity index is 1.75. The van der Waals surface area contributed by atoms with Crippen molar-refractivity contribution < 1.29 is 17.4 Å². The fourth-order valence-corrected chi connectivity index (χ4v) is 3.86. The topological polar surface area (TPSA) is 96.3 Å². The van der Waals surface area contributed by atoms with Gasteiger partial charge in [0.1, 0.15) is 22.3 Å². The van der Waals surface area contributed by atoms with Crippen LogP contribution in [-0.2, 0) is 14.9 Å². The lowest BCUT2D eigenvalue weighted by Gasteiger charge is -2.08. The van der Waals surface area contributed by atoms with Crippen molar-refractivity contribution in [2.75, 3.05) is 5.32 Å². The van der Waals surface area contributed by atoms with E-state index in [0.717, 1.165) is 5.56 Å². The normalized spacial score (nSPS) is 11.5. The number of anilines is 1. The van der Waals surface area contributed by atoms with Crippen LogP contribution in [0, 0.1) is 18.3 Å². The van der Waals surface area contributed by atoms with Crippen LogP contribution in [0.25, 0.3) is 6.08 Å². The molecular formula is C23H16Cl2N2O4S. The molecule has 0 aromatic heterocycles. The Morgan fingerprint density at radius 1 is 1.03 bits per heavy atom. The minimum atomic E-state index is -3.98. The third-order valence-electron chi connectivity index (χ3n) is 4.25. The molecule has 1 amide bonds. The summed E-state index contributed by atoms with van der Waals surface area (Å²) in [5.74, 6) is -0.574. The summed E-state index contributed by atoms with van der Waals surface area (Å²) < 4.78 is 29.9. The molecule has 0 saturated heterocycles. The van der Waals surface area contributed by atoms with E-state index in [1.807, 2.05) is 13.0 Å². The van der Waals surface area contributed by atoms with E-state index in [4.69, 9.17) is 27.4 Å². The van der Waals surface area contributed by atoms with Gasteiger partial charge in [0.2, 0.25) is 0 Å². The number of nitrogens with zero attached hydrogens (tertiary/aromatic N) is 1. The van der Waals surface area contributed by atoms with E-state index in [-0.39, 0.29) is 26.9 Å². The molecule has 1 N–H and O–H groups in total. The highest BCUT2D eigenvalue weighted by Gasteiger charge is 2.16. The van der Waals surface area contributed by atoms with Crippen LogP contribution in [0.1, 0.15) is 11.1 Å². The minimum absolute atomic E-state index is 0.0372. The lowest BCUT2D eigenvalue weighted by Crippen LogP contribution is -2.13. The molecule has 0 aliphatic carbocycles. The molecule has 0 spiro atoms. The molecule has 0 aliphatic heterocycles. The van der Waals surface area contributed by atoms with E-state index in [1.54, 1.807) is 18.2 Å². The van der Waals surface area contributed by atoms with E-state index >= 15 is 0 Å². The van der Waals surface area contributed by atoms with Crippen LogP contribution in [0.2, 0.25) is 10.0 Å². The minimum Gasteiger partial charge on any atom is -0.379 e. The SMILES string of the molecule is Cc1ccc(S(=O)(=O)Oc2ccc(/C=C(/C#N)C(=O)Nc3cc(Cl)ccc3Cl)cc2)cc1. The van der Waals surface area contributed by atoms with Crippen molar-refractivity contribution in [2.24, 2.45) is 0 Å². The number of rotatable bonds is 6. The summed E-state index contributed by atoms with van der Waals surface area (Å²) in [4.78, 5) is 12.5. The third kappa shape index (κ3) is 5.89. The Kier molecular flexibility index (Phi) is 7.21. The summed E-state index contributed by atoms with van der Waals surface area (Å²) in [6, 6.07) is 18.6. The first-order chi connectivity index (χ1) is 15.2. The van der Waals surface area contributed by atoms with Crippen molar-refractivity contribution in [1.82, 2.24) is 0 Å². The molecule has 0 heterocycles. The van der Waals surface area contributed by atoms with E-state index in [2.05, 4.69) is 5.32 Å². The fourth-order valence-electron chi connectivity index (χ4n) is 2.60. The van der Waals surface area contributed by atoms with Gasteiger partial charge >= 0.3 is 10.1 Å². The average molecular weight is 487 g/mol. The Morgan fingerprint density at radius 2 is 1.69 bits per heavy atom. The molecule has 0 unspecified atom stereocenters. The lowest BCUT2D eigenvalue weighted by molar-refractivity contribution is -0.112. The van der Waals surface area contributed by atoms with Gasteiger partial charge in [0, 0.05) is 5.02 Å². The van der Waals surface area contributed by atoms with E-state index in [0.29, 0.717) is 10.6 Å².